The third-order valence-corrected chi connectivity index (χ3v) is 3.83. The highest BCUT2D eigenvalue weighted by Gasteiger charge is 2.10. The molecule has 0 radical (unpaired) electrons. The van der Waals surface area contributed by atoms with Crippen LogP contribution >= 0.6 is 0 Å². The molecule has 0 heterocycles. The molecule has 0 saturated carbocycles. The molecule has 0 bridgehead atoms. The number of nitrogens with one attached hydrogen (secondary N) is 1. The first-order valence-corrected chi connectivity index (χ1v) is 9.40. The quantitative estimate of drug-likeness (QED) is 0.713. The van der Waals surface area contributed by atoms with E-state index in [0.717, 1.165) is 19.0 Å². The maximum absolute atomic E-state index is 11.3. The van der Waals surface area contributed by atoms with Crippen molar-refractivity contribution in [3.63, 3.8) is 0 Å². The Balaban J connectivity index is 0. The molecule has 0 aliphatic rings. The van der Waals surface area contributed by atoms with Crippen LogP contribution in [0.25, 0.3) is 0 Å². The molecule has 1 aromatic rings. The molecule has 1 atom stereocenters. The first kappa shape index (κ1) is 25.5. The van der Waals surface area contributed by atoms with Crippen molar-refractivity contribution in [3.8, 4) is 0 Å². The lowest BCUT2D eigenvalue weighted by Crippen LogP contribution is -2.28. The fourth-order valence-corrected chi connectivity index (χ4v) is 2.21. The fourth-order valence-electron chi connectivity index (χ4n) is 1.52. The van der Waals surface area contributed by atoms with Gasteiger partial charge in [-0.1, -0.05) is 12.1 Å². The van der Waals surface area contributed by atoms with Crippen molar-refractivity contribution >= 4 is 22.6 Å². The first-order valence-electron chi connectivity index (χ1n) is 7.51. The molecule has 0 aromatic heterocycles. The van der Waals surface area contributed by atoms with E-state index >= 15 is 0 Å². The van der Waals surface area contributed by atoms with Gasteiger partial charge in [0, 0.05) is 13.4 Å². The van der Waals surface area contributed by atoms with Crippen molar-refractivity contribution < 1.29 is 27.9 Å². The van der Waals surface area contributed by atoms with E-state index < -0.39 is 9.84 Å². The SMILES string of the molecule is CC(C)(C)OC=O.CNC(C=O)Cc1cccc(S(C)(=O)=O)c1.CO. The highest BCUT2D eigenvalue weighted by Crippen LogP contribution is 2.12. The summed E-state index contributed by atoms with van der Waals surface area (Å²) in [5, 5.41) is 9.84. The molecule has 0 amide bonds. The number of benzene rings is 1. The zero-order valence-electron chi connectivity index (χ0n) is 15.6. The molecule has 1 rings (SSSR count). The monoisotopic (exact) mass is 375 g/mol. The smallest absolute Gasteiger partial charge is 0.293 e. The van der Waals surface area contributed by atoms with Gasteiger partial charge >= 0.3 is 0 Å². The van der Waals surface area contributed by atoms with E-state index in [2.05, 4.69) is 10.1 Å². The van der Waals surface area contributed by atoms with Gasteiger partial charge in [-0.15, -0.1) is 0 Å². The number of hydrogen-bond donors (Lipinski definition) is 2. The van der Waals surface area contributed by atoms with Gasteiger partial charge < -0.3 is 20.0 Å². The van der Waals surface area contributed by atoms with Crippen LogP contribution in [0, 0.1) is 0 Å². The molecule has 1 unspecified atom stereocenters. The Kier molecular flexibility index (Phi) is 12.8. The largest absolute Gasteiger partial charge is 0.462 e. The lowest BCUT2D eigenvalue weighted by Gasteiger charge is -2.14. The van der Waals surface area contributed by atoms with Crippen LogP contribution in [-0.4, -0.2) is 58.3 Å². The summed E-state index contributed by atoms with van der Waals surface area (Å²) in [5.41, 5.74) is 0.510. The summed E-state index contributed by atoms with van der Waals surface area (Å²) in [6, 6.07) is 6.36. The molecule has 144 valence electrons. The molecule has 0 saturated heterocycles. The Morgan fingerprint density at radius 2 is 1.80 bits per heavy atom. The standard InChI is InChI=1S/C11H15NO3S.C5H10O2.CH4O/c1-12-10(8-13)6-9-4-3-5-11(7-9)16(2,14)15;1-5(2,3)7-4-6;1-2/h3-5,7-8,10,12H,6H2,1-2H3;4H,1-3H3;2H,1H3. The Bertz CT molecular complexity index is 608. The number of hydrogen-bond acceptors (Lipinski definition) is 7. The molecule has 1 aromatic carbocycles. The average Bonchev–Trinajstić information content (AvgIpc) is 2.53. The highest BCUT2D eigenvalue weighted by molar-refractivity contribution is 7.90. The van der Waals surface area contributed by atoms with Crippen LogP contribution in [0.15, 0.2) is 29.2 Å². The lowest BCUT2D eigenvalue weighted by atomic mass is 10.1. The molecule has 2 N–H and O–H groups in total. The van der Waals surface area contributed by atoms with E-state index in [4.69, 9.17) is 5.11 Å². The second-order valence-electron chi connectivity index (χ2n) is 5.98. The van der Waals surface area contributed by atoms with E-state index in [9.17, 15) is 18.0 Å². The molecule has 8 heteroatoms. The summed E-state index contributed by atoms with van der Waals surface area (Å²) in [5.74, 6) is 0. The van der Waals surface area contributed by atoms with Crippen LogP contribution in [0.5, 0.6) is 0 Å². The fraction of sp³-hybridized carbons (Fsp3) is 0.529. The first-order chi connectivity index (χ1) is 11.5. The van der Waals surface area contributed by atoms with Gasteiger partial charge in [0.2, 0.25) is 0 Å². The number of aliphatic hydroxyl groups is 1. The van der Waals surface area contributed by atoms with Crippen molar-refractivity contribution in [1.29, 1.82) is 0 Å². The third kappa shape index (κ3) is 13.2. The van der Waals surface area contributed by atoms with Crippen molar-refractivity contribution in [2.45, 2.75) is 43.7 Å². The van der Waals surface area contributed by atoms with Gasteiger partial charge in [-0.05, 0) is 51.9 Å². The maximum Gasteiger partial charge on any atom is 0.293 e. The molecule has 25 heavy (non-hydrogen) atoms. The third-order valence-electron chi connectivity index (χ3n) is 2.72. The van der Waals surface area contributed by atoms with Crippen LogP contribution in [-0.2, 0) is 30.6 Å². The van der Waals surface area contributed by atoms with Gasteiger partial charge in [-0.25, -0.2) is 8.42 Å². The summed E-state index contributed by atoms with van der Waals surface area (Å²) in [4.78, 5) is 20.5. The number of carbonyl (C=O) groups is 2. The zero-order valence-corrected chi connectivity index (χ0v) is 16.5. The highest BCUT2D eigenvalue weighted by atomic mass is 32.2. The second kappa shape index (κ2) is 12.6. The van der Waals surface area contributed by atoms with E-state index in [1.807, 2.05) is 26.8 Å². The van der Waals surface area contributed by atoms with Crippen molar-refractivity contribution in [2.75, 3.05) is 20.4 Å². The topological polar surface area (TPSA) is 110 Å². The molecular formula is C17H29NO6S. The Labute approximate surface area is 150 Å². The average molecular weight is 375 g/mol. The Morgan fingerprint density at radius 3 is 2.12 bits per heavy atom. The van der Waals surface area contributed by atoms with Gasteiger partial charge in [0.05, 0.1) is 10.9 Å². The predicted octanol–water partition coefficient (Wildman–Crippen LogP) is 0.986. The summed E-state index contributed by atoms with van der Waals surface area (Å²) in [7, 11) is -0.489. The second-order valence-corrected chi connectivity index (χ2v) is 8.00. The van der Waals surface area contributed by atoms with E-state index in [1.54, 1.807) is 25.2 Å². The number of aldehydes is 1. The number of likely N-dealkylation sites (N-methyl/N-ethyl adjacent to an activating group) is 1. The van der Waals surface area contributed by atoms with Gasteiger partial charge in [-0.3, -0.25) is 4.79 Å². The summed E-state index contributed by atoms with van der Waals surface area (Å²) < 4.78 is 27.2. The molecule has 0 fully saturated rings. The number of ether oxygens (including phenoxy) is 1. The van der Waals surface area contributed by atoms with Crippen LogP contribution in [0.4, 0.5) is 0 Å². The van der Waals surface area contributed by atoms with Crippen molar-refractivity contribution in [3.05, 3.63) is 29.8 Å². The van der Waals surface area contributed by atoms with Crippen LogP contribution < -0.4 is 5.32 Å². The van der Waals surface area contributed by atoms with Gasteiger partial charge in [-0.2, -0.15) is 0 Å². The van der Waals surface area contributed by atoms with Crippen LogP contribution in [0.2, 0.25) is 0 Å². The number of aliphatic hydroxyl groups excluding tert-OH is 1. The van der Waals surface area contributed by atoms with Crippen molar-refractivity contribution in [2.24, 2.45) is 0 Å². The minimum absolute atomic E-state index is 0.283. The van der Waals surface area contributed by atoms with Gasteiger partial charge in [0.1, 0.15) is 11.9 Å². The molecule has 7 nitrogen and oxygen atoms in total. The molecule has 0 aliphatic carbocycles. The normalized spacial score (nSPS) is 11.8. The number of sulfone groups is 1. The summed E-state index contributed by atoms with van der Waals surface area (Å²) in [6.07, 6.45) is 2.47. The van der Waals surface area contributed by atoms with Crippen molar-refractivity contribution in [1.82, 2.24) is 5.32 Å². The molecular weight excluding hydrogens is 346 g/mol. The van der Waals surface area contributed by atoms with E-state index in [-0.39, 0.29) is 16.5 Å². The molecule has 0 spiro atoms. The lowest BCUT2D eigenvalue weighted by molar-refractivity contribution is -0.138. The van der Waals surface area contributed by atoms with Gasteiger partial charge in [0.25, 0.3) is 6.47 Å². The summed E-state index contributed by atoms with van der Waals surface area (Å²) >= 11 is 0. The predicted molar refractivity (Wildman–Crippen MR) is 97.2 cm³/mol. The Morgan fingerprint density at radius 1 is 1.24 bits per heavy atom. The number of rotatable bonds is 6. The van der Waals surface area contributed by atoms with Crippen LogP contribution in [0.1, 0.15) is 26.3 Å². The Hall–Kier alpha value is -1.77. The minimum atomic E-state index is -3.18. The summed E-state index contributed by atoms with van der Waals surface area (Å²) in [6.45, 7) is 5.92. The van der Waals surface area contributed by atoms with E-state index in [1.165, 1.54) is 6.26 Å². The maximum atomic E-state index is 11.3. The van der Waals surface area contributed by atoms with E-state index in [0.29, 0.717) is 12.9 Å². The van der Waals surface area contributed by atoms with Crippen LogP contribution in [0.3, 0.4) is 0 Å². The minimum Gasteiger partial charge on any atom is -0.462 e. The zero-order chi connectivity index (χ0) is 20.1. The van der Waals surface area contributed by atoms with Gasteiger partial charge in [0.15, 0.2) is 9.84 Å². The molecule has 0 aliphatic heterocycles. The number of carbonyl (C=O) groups excluding carboxylic acids is 2.